The summed E-state index contributed by atoms with van der Waals surface area (Å²) < 4.78 is 5.19. The van der Waals surface area contributed by atoms with E-state index in [9.17, 15) is 4.79 Å². The smallest absolute Gasteiger partial charge is 0.338 e. The van der Waals surface area contributed by atoms with Crippen LogP contribution in [0, 0.1) is 0 Å². The van der Waals surface area contributed by atoms with Crippen molar-refractivity contribution in [2.45, 2.75) is 45.4 Å². The van der Waals surface area contributed by atoms with E-state index in [2.05, 4.69) is 50.2 Å². The summed E-state index contributed by atoms with van der Waals surface area (Å²) in [7, 11) is 0. The van der Waals surface area contributed by atoms with Crippen LogP contribution in [0.15, 0.2) is 54.6 Å². The van der Waals surface area contributed by atoms with Crippen LogP contribution in [0.2, 0.25) is 0 Å². The van der Waals surface area contributed by atoms with Gasteiger partial charge in [0.25, 0.3) is 0 Å². The van der Waals surface area contributed by atoms with Crippen molar-refractivity contribution in [1.82, 2.24) is 0 Å². The van der Waals surface area contributed by atoms with E-state index in [0.29, 0.717) is 12.2 Å². The molecular formula is C25H26O2. The quantitative estimate of drug-likeness (QED) is 0.514. The summed E-state index contributed by atoms with van der Waals surface area (Å²) >= 11 is 0. The largest absolute Gasteiger partial charge is 0.462 e. The van der Waals surface area contributed by atoms with Gasteiger partial charge in [-0.2, -0.15) is 0 Å². The lowest BCUT2D eigenvalue weighted by molar-refractivity contribution is 0.0528. The predicted octanol–water partition coefficient (Wildman–Crippen LogP) is 6.30. The van der Waals surface area contributed by atoms with E-state index in [1.54, 1.807) is 0 Å². The Morgan fingerprint density at radius 3 is 2.63 bits per heavy atom. The minimum Gasteiger partial charge on any atom is -0.462 e. The Bertz CT molecular complexity index is 1010. The van der Waals surface area contributed by atoms with E-state index < -0.39 is 0 Å². The Kier molecular flexibility index (Phi) is 4.51. The number of rotatable bonds is 3. The highest BCUT2D eigenvalue weighted by Crippen LogP contribution is 2.38. The van der Waals surface area contributed by atoms with E-state index in [1.165, 1.54) is 35.1 Å². The third kappa shape index (κ3) is 3.25. The molecule has 0 spiro atoms. The Labute approximate surface area is 161 Å². The first-order chi connectivity index (χ1) is 13.0. The number of carbonyl (C=O) groups is 1. The fourth-order valence-electron chi connectivity index (χ4n) is 4.35. The maximum atomic E-state index is 12.2. The molecule has 27 heavy (non-hydrogen) atoms. The zero-order chi connectivity index (χ0) is 19.0. The van der Waals surface area contributed by atoms with Gasteiger partial charge in [-0.15, -0.1) is 0 Å². The minimum atomic E-state index is -0.258. The normalized spacial score (nSPS) is 15.4. The van der Waals surface area contributed by atoms with Gasteiger partial charge in [0.2, 0.25) is 0 Å². The first kappa shape index (κ1) is 17.8. The Morgan fingerprint density at radius 1 is 1.04 bits per heavy atom. The van der Waals surface area contributed by atoms with Crippen LogP contribution in [0.5, 0.6) is 0 Å². The van der Waals surface area contributed by atoms with Crippen LogP contribution < -0.4 is 0 Å². The minimum absolute atomic E-state index is 0.258. The molecule has 2 nitrogen and oxygen atoms in total. The summed E-state index contributed by atoms with van der Waals surface area (Å²) in [6.07, 6.45) is 3.67. The summed E-state index contributed by atoms with van der Waals surface area (Å²) in [4.78, 5) is 12.2. The average Bonchev–Trinajstić information content (AvgIpc) is 2.66. The van der Waals surface area contributed by atoms with Crippen LogP contribution in [0.4, 0.5) is 0 Å². The molecule has 0 unspecified atom stereocenters. The van der Waals surface area contributed by atoms with E-state index in [4.69, 9.17) is 4.74 Å². The standard InChI is InChI=1S/C25H26O2/c1-4-27-24(26)22-9-5-7-19-15-17(10-12-21(19)22)18-11-13-23-20(16-18)8-6-14-25(23,2)3/h5,7,9-13,15-16H,4,6,8,14H2,1-3H3. The van der Waals surface area contributed by atoms with Crippen LogP contribution >= 0.6 is 0 Å². The summed E-state index contributed by atoms with van der Waals surface area (Å²) in [5, 5.41) is 2.01. The molecule has 0 aromatic heterocycles. The Morgan fingerprint density at radius 2 is 1.81 bits per heavy atom. The molecule has 0 saturated carbocycles. The molecule has 4 rings (SSSR count). The van der Waals surface area contributed by atoms with Gasteiger partial charge in [-0.1, -0.05) is 56.3 Å². The monoisotopic (exact) mass is 358 g/mol. The number of carbonyl (C=O) groups excluding carboxylic acids is 1. The van der Waals surface area contributed by atoms with Gasteiger partial charge in [0.15, 0.2) is 0 Å². The SMILES string of the molecule is CCOC(=O)c1cccc2cc(-c3ccc4c(c3)CCCC4(C)C)ccc12. The molecule has 1 aliphatic rings. The highest BCUT2D eigenvalue weighted by Gasteiger charge is 2.27. The van der Waals surface area contributed by atoms with E-state index >= 15 is 0 Å². The number of hydrogen-bond donors (Lipinski definition) is 0. The van der Waals surface area contributed by atoms with Crippen molar-refractivity contribution >= 4 is 16.7 Å². The van der Waals surface area contributed by atoms with Gasteiger partial charge in [0, 0.05) is 0 Å². The molecule has 0 bridgehead atoms. The van der Waals surface area contributed by atoms with Gasteiger partial charge in [-0.25, -0.2) is 4.79 Å². The van der Waals surface area contributed by atoms with Crippen LogP contribution in [-0.4, -0.2) is 12.6 Å². The third-order valence-electron chi connectivity index (χ3n) is 5.79. The molecule has 0 aliphatic heterocycles. The van der Waals surface area contributed by atoms with Gasteiger partial charge in [-0.05, 0) is 76.8 Å². The summed E-state index contributed by atoms with van der Waals surface area (Å²) in [5.74, 6) is -0.258. The maximum absolute atomic E-state index is 12.2. The van der Waals surface area contributed by atoms with Gasteiger partial charge < -0.3 is 4.74 Å². The zero-order valence-electron chi connectivity index (χ0n) is 16.3. The topological polar surface area (TPSA) is 26.3 Å². The lowest BCUT2D eigenvalue weighted by Crippen LogP contribution is -2.23. The summed E-state index contributed by atoms with van der Waals surface area (Å²) in [6.45, 7) is 6.91. The molecular weight excluding hydrogens is 332 g/mol. The van der Waals surface area contributed by atoms with Crippen molar-refractivity contribution in [3.05, 3.63) is 71.3 Å². The fourth-order valence-corrected chi connectivity index (χ4v) is 4.35. The fraction of sp³-hybridized carbons (Fsp3) is 0.320. The number of ether oxygens (including phenoxy) is 1. The number of aryl methyl sites for hydroxylation is 1. The van der Waals surface area contributed by atoms with Gasteiger partial charge in [0.1, 0.15) is 0 Å². The lowest BCUT2D eigenvalue weighted by atomic mass is 9.72. The van der Waals surface area contributed by atoms with Crippen LogP contribution in [0.25, 0.3) is 21.9 Å². The first-order valence-corrected chi connectivity index (χ1v) is 9.83. The second kappa shape index (κ2) is 6.84. The molecule has 0 amide bonds. The second-order valence-electron chi connectivity index (χ2n) is 8.07. The molecule has 0 radical (unpaired) electrons. The highest BCUT2D eigenvalue weighted by molar-refractivity contribution is 6.05. The van der Waals surface area contributed by atoms with Crippen molar-refractivity contribution < 1.29 is 9.53 Å². The van der Waals surface area contributed by atoms with Gasteiger partial charge in [0.05, 0.1) is 12.2 Å². The molecule has 0 saturated heterocycles. The number of hydrogen-bond acceptors (Lipinski definition) is 2. The number of fused-ring (bicyclic) bond motifs is 2. The van der Waals surface area contributed by atoms with Gasteiger partial charge >= 0.3 is 5.97 Å². The lowest BCUT2D eigenvalue weighted by Gasteiger charge is -2.32. The Hall–Kier alpha value is -2.61. The molecule has 0 atom stereocenters. The second-order valence-corrected chi connectivity index (χ2v) is 8.07. The van der Waals surface area contributed by atoms with E-state index in [-0.39, 0.29) is 11.4 Å². The molecule has 3 aromatic carbocycles. The van der Waals surface area contributed by atoms with Gasteiger partial charge in [-0.3, -0.25) is 0 Å². The van der Waals surface area contributed by atoms with E-state index in [0.717, 1.165) is 17.2 Å². The van der Waals surface area contributed by atoms with Crippen molar-refractivity contribution in [2.24, 2.45) is 0 Å². The molecule has 0 heterocycles. The summed E-state index contributed by atoms with van der Waals surface area (Å²) in [6, 6.07) is 19.0. The molecule has 3 aromatic rings. The van der Waals surface area contributed by atoms with Crippen LogP contribution in [-0.2, 0) is 16.6 Å². The van der Waals surface area contributed by atoms with Crippen molar-refractivity contribution in [1.29, 1.82) is 0 Å². The number of benzene rings is 3. The summed E-state index contributed by atoms with van der Waals surface area (Å²) in [5.41, 5.74) is 6.30. The predicted molar refractivity (Wildman–Crippen MR) is 111 cm³/mol. The highest BCUT2D eigenvalue weighted by atomic mass is 16.5. The van der Waals surface area contributed by atoms with Crippen molar-refractivity contribution in [2.75, 3.05) is 6.61 Å². The van der Waals surface area contributed by atoms with Crippen molar-refractivity contribution in [3.8, 4) is 11.1 Å². The molecule has 0 N–H and O–H groups in total. The number of esters is 1. The van der Waals surface area contributed by atoms with Crippen LogP contribution in [0.1, 0.15) is 55.1 Å². The zero-order valence-corrected chi connectivity index (χ0v) is 16.3. The Balaban J connectivity index is 1.76. The molecule has 138 valence electrons. The van der Waals surface area contributed by atoms with E-state index in [1.807, 2.05) is 25.1 Å². The molecule has 1 aliphatic carbocycles. The van der Waals surface area contributed by atoms with Crippen molar-refractivity contribution in [3.63, 3.8) is 0 Å². The van der Waals surface area contributed by atoms with Crippen LogP contribution in [0.3, 0.4) is 0 Å². The first-order valence-electron chi connectivity index (χ1n) is 9.83. The third-order valence-corrected chi connectivity index (χ3v) is 5.79. The average molecular weight is 358 g/mol. The molecule has 0 fully saturated rings. The molecule has 2 heteroatoms. The maximum Gasteiger partial charge on any atom is 0.338 e.